The summed E-state index contributed by atoms with van der Waals surface area (Å²) < 4.78 is 0. The Hall–Kier alpha value is -1.10. The summed E-state index contributed by atoms with van der Waals surface area (Å²) in [5, 5.41) is 9.37. The summed E-state index contributed by atoms with van der Waals surface area (Å²) in [7, 11) is 0. The molecule has 0 spiro atoms. The van der Waals surface area contributed by atoms with E-state index in [0.29, 0.717) is 25.3 Å². The quantitative estimate of drug-likeness (QED) is 0.823. The van der Waals surface area contributed by atoms with Crippen molar-refractivity contribution < 1.29 is 14.7 Å². The largest absolute Gasteiger partial charge is 0.480 e. The van der Waals surface area contributed by atoms with E-state index in [2.05, 4.69) is 6.92 Å². The van der Waals surface area contributed by atoms with Crippen molar-refractivity contribution in [1.29, 1.82) is 0 Å². The molecule has 0 bridgehead atoms. The first-order valence-electron chi connectivity index (χ1n) is 7.76. The van der Waals surface area contributed by atoms with E-state index in [4.69, 9.17) is 5.73 Å². The summed E-state index contributed by atoms with van der Waals surface area (Å²) >= 11 is 0. The summed E-state index contributed by atoms with van der Waals surface area (Å²) in [5.41, 5.74) is 5.85. The van der Waals surface area contributed by atoms with Crippen LogP contribution in [0.3, 0.4) is 0 Å². The number of carboxylic acid groups (broad SMARTS) is 1. The molecule has 5 heteroatoms. The number of rotatable bonds is 4. The predicted molar refractivity (Wildman–Crippen MR) is 76.2 cm³/mol. The molecule has 2 unspecified atom stereocenters. The van der Waals surface area contributed by atoms with Gasteiger partial charge in [0.05, 0.1) is 0 Å². The third kappa shape index (κ3) is 3.32. The SMILES string of the molecule is CCC1CCN(C(=O)CC2(N)CCCC2)C(C(=O)O)C1. The second kappa shape index (κ2) is 6.12. The van der Waals surface area contributed by atoms with Gasteiger partial charge in [0.1, 0.15) is 6.04 Å². The molecule has 0 radical (unpaired) electrons. The highest BCUT2D eigenvalue weighted by molar-refractivity contribution is 5.84. The van der Waals surface area contributed by atoms with Crippen LogP contribution in [0.1, 0.15) is 58.3 Å². The van der Waals surface area contributed by atoms with E-state index in [1.807, 2.05) is 0 Å². The molecule has 0 aromatic rings. The molecule has 1 aliphatic carbocycles. The van der Waals surface area contributed by atoms with Gasteiger partial charge in [-0.3, -0.25) is 4.79 Å². The second-order valence-electron chi connectivity index (χ2n) is 6.49. The van der Waals surface area contributed by atoms with Crippen LogP contribution >= 0.6 is 0 Å². The summed E-state index contributed by atoms with van der Waals surface area (Å²) in [6.07, 6.45) is 6.66. The van der Waals surface area contributed by atoms with Gasteiger partial charge in [-0.2, -0.15) is 0 Å². The van der Waals surface area contributed by atoms with E-state index >= 15 is 0 Å². The minimum Gasteiger partial charge on any atom is -0.480 e. The molecule has 0 aromatic heterocycles. The molecule has 114 valence electrons. The molecule has 1 saturated heterocycles. The summed E-state index contributed by atoms with van der Waals surface area (Å²) in [6, 6.07) is -0.661. The number of nitrogens with two attached hydrogens (primary N) is 1. The molecular formula is C15H26N2O3. The third-order valence-corrected chi connectivity index (χ3v) is 5.00. The van der Waals surface area contributed by atoms with Crippen LogP contribution < -0.4 is 5.73 Å². The van der Waals surface area contributed by atoms with Crippen molar-refractivity contribution in [2.24, 2.45) is 11.7 Å². The molecule has 2 fully saturated rings. The first-order chi connectivity index (χ1) is 9.45. The molecule has 1 saturated carbocycles. The van der Waals surface area contributed by atoms with Crippen LogP contribution in [0.5, 0.6) is 0 Å². The molecule has 1 aliphatic heterocycles. The second-order valence-corrected chi connectivity index (χ2v) is 6.49. The Morgan fingerprint density at radius 1 is 1.35 bits per heavy atom. The Bertz CT molecular complexity index is 377. The highest BCUT2D eigenvalue weighted by Crippen LogP contribution is 2.32. The number of carbonyl (C=O) groups is 2. The van der Waals surface area contributed by atoms with E-state index in [9.17, 15) is 14.7 Å². The van der Waals surface area contributed by atoms with Gasteiger partial charge in [0.15, 0.2) is 0 Å². The van der Waals surface area contributed by atoms with Crippen molar-refractivity contribution in [2.45, 2.75) is 69.9 Å². The Kier molecular flexibility index (Phi) is 4.68. The van der Waals surface area contributed by atoms with Gasteiger partial charge in [-0.05, 0) is 31.6 Å². The third-order valence-electron chi connectivity index (χ3n) is 5.00. The van der Waals surface area contributed by atoms with Gasteiger partial charge in [0.25, 0.3) is 0 Å². The fourth-order valence-electron chi connectivity index (χ4n) is 3.60. The molecule has 2 rings (SSSR count). The van der Waals surface area contributed by atoms with Crippen molar-refractivity contribution in [3.63, 3.8) is 0 Å². The van der Waals surface area contributed by atoms with E-state index in [0.717, 1.165) is 38.5 Å². The van der Waals surface area contributed by atoms with E-state index < -0.39 is 17.6 Å². The van der Waals surface area contributed by atoms with Gasteiger partial charge in [-0.1, -0.05) is 26.2 Å². The number of hydrogen-bond acceptors (Lipinski definition) is 3. The lowest BCUT2D eigenvalue weighted by atomic mass is 9.87. The predicted octanol–water partition coefficient (Wildman–Crippen LogP) is 1.75. The van der Waals surface area contributed by atoms with Gasteiger partial charge in [0.2, 0.25) is 5.91 Å². The van der Waals surface area contributed by atoms with Gasteiger partial charge in [-0.15, -0.1) is 0 Å². The van der Waals surface area contributed by atoms with Gasteiger partial charge in [0, 0.05) is 18.5 Å². The van der Waals surface area contributed by atoms with Crippen LogP contribution in [0.25, 0.3) is 0 Å². The van der Waals surface area contributed by atoms with Crippen molar-refractivity contribution in [3.05, 3.63) is 0 Å². The van der Waals surface area contributed by atoms with Crippen LogP contribution in [0, 0.1) is 5.92 Å². The Balaban J connectivity index is 2.01. The monoisotopic (exact) mass is 282 g/mol. The number of nitrogens with zero attached hydrogens (tertiary/aromatic N) is 1. The van der Waals surface area contributed by atoms with Crippen LogP contribution in [0.4, 0.5) is 0 Å². The maximum atomic E-state index is 12.5. The van der Waals surface area contributed by atoms with Crippen molar-refractivity contribution in [3.8, 4) is 0 Å². The number of carbonyl (C=O) groups excluding carboxylic acids is 1. The molecule has 2 atom stereocenters. The molecule has 1 amide bonds. The smallest absolute Gasteiger partial charge is 0.326 e. The van der Waals surface area contributed by atoms with Gasteiger partial charge in [-0.25, -0.2) is 4.79 Å². The van der Waals surface area contributed by atoms with Crippen LogP contribution in [-0.2, 0) is 9.59 Å². The number of piperidine rings is 1. The summed E-state index contributed by atoms with van der Waals surface area (Å²) in [4.78, 5) is 25.4. The maximum Gasteiger partial charge on any atom is 0.326 e. The lowest BCUT2D eigenvalue weighted by Crippen LogP contribution is -2.52. The van der Waals surface area contributed by atoms with Crippen molar-refractivity contribution in [1.82, 2.24) is 4.90 Å². The first kappa shape index (κ1) is 15.3. The highest BCUT2D eigenvalue weighted by Gasteiger charge is 2.39. The molecule has 0 aromatic carbocycles. The van der Waals surface area contributed by atoms with Crippen LogP contribution in [-0.4, -0.2) is 40.0 Å². The molecule has 3 N–H and O–H groups in total. The fraction of sp³-hybridized carbons (Fsp3) is 0.867. The van der Waals surface area contributed by atoms with Crippen LogP contribution in [0.15, 0.2) is 0 Å². The molecule has 1 heterocycles. The Morgan fingerprint density at radius 2 is 2.00 bits per heavy atom. The maximum absolute atomic E-state index is 12.5. The standard InChI is InChI=1S/C15H26N2O3/c1-2-11-5-8-17(12(9-11)14(19)20)13(18)10-15(16)6-3-4-7-15/h11-12H,2-10,16H2,1H3,(H,19,20). The normalized spacial score (nSPS) is 29.4. The minimum absolute atomic E-state index is 0.0728. The molecule has 20 heavy (non-hydrogen) atoms. The van der Waals surface area contributed by atoms with E-state index in [1.165, 1.54) is 0 Å². The molecular weight excluding hydrogens is 256 g/mol. The number of carboxylic acids is 1. The molecule has 2 aliphatic rings. The van der Waals surface area contributed by atoms with Crippen molar-refractivity contribution in [2.75, 3.05) is 6.54 Å². The Labute approximate surface area is 120 Å². The van der Waals surface area contributed by atoms with Crippen molar-refractivity contribution >= 4 is 11.9 Å². The molecule has 5 nitrogen and oxygen atoms in total. The summed E-state index contributed by atoms with van der Waals surface area (Å²) in [5.74, 6) is -0.538. The topological polar surface area (TPSA) is 83.6 Å². The van der Waals surface area contributed by atoms with Crippen LogP contribution in [0.2, 0.25) is 0 Å². The number of aliphatic carboxylic acids is 1. The zero-order valence-electron chi connectivity index (χ0n) is 12.3. The Morgan fingerprint density at radius 3 is 2.55 bits per heavy atom. The first-order valence-corrected chi connectivity index (χ1v) is 7.76. The zero-order chi connectivity index (χ0) is 14.8. The van der Waals surface area contributed by atoms with Gasteiger partial charge >= 0.3 is 5.97 Å². The lowest BCUT2D eigenvalue weighted by molar-refractivity contribution is -0.153. The van der Waals surface area contributed by atoms with E-state index in [-0.39, 0.29) is 5.91 Å². The number of likely N-dealkylation sites (tertiary alicyclic amines) is 1. The highest BCUT2D eigenvalue weighted by atomic mass is 16.4. The van der Waals surface area contributed by atoms with E-state index in [1.54, 1.807) is 4.90 Å². The zero-order valence-corrected chi connectivity index (χ0v) is 12.3. The fourth-order valence-corrected chi connectivity index (χ4v) is 3.60. The lowest BCUT2D eigenvalue weighted by Gasteiger charge is -2.38. The average Bonchev–Trinajstić information content (AvgIpc) is 2.84. The number of hydrogen-bond donors (Lipinski definition) is 2. The summed E-state index contributed by atoms with van der Waals surface area (Å²) in [6.45, 7) is 2.64. The number of amides is 1. The average molecular weight is 282 g/mol. The minimum atomic E-state index is -0.881. The van der Waals surface area contributed by atoms with Gasteiger partial charge < -0.3 is 15.7 Å².